The van der Waals surface area contributed by atoms with E-state index >= 15 is 0 Å². The van der Waals surface area contributed by atoms with Gasteiger partial charge in [0.2, 0.25) is 11.8 Å². The Morgan fingerprint density at radius 2 is 2.11 bits per heavy atom. The molecule has 150 valence electrons. The van der Waals surface area contributed by atoms with E-state index in [1.54, 1.807) is 6.20 Å². The molecule has 13 nitrogen and oxygen atoms in total. The maximum atomic E-state index is 11.9. The Morgan fingerprint density at radius 1 is 1.33 bits per heavy atom. The lowest BCUT2D eigenvalue weighted by atomic mass is 10.1. The molecule has 0 radical (unpaired) electrons. The SMILES string of the molecule is COC(=O)[C@H](Cc1c[nH]cn1)NC(=O)CCNC(=O)COCCO[N+](=O)[O-]. The van der Waals surface area contributed by atoms with Crippen LogP contribution >= 0.6 is 0 Å². The molecule has 0 saturated carbocycles. The van der Waals surface area contributed by atoms with Crippen molar-refractivity contribution in [2.75, 3.05) is 33.5 Å². The number of nitrogens with zero attached hydrogens (tertiary/aromatic N) is 2. The van der Waals surface area contributed by atoms with Gasteiger partial charge in [-0.1, -0.05) is 0 Å². The first kappa shape index (κ1) is 21.8. The van der Waals surface area contributed by atoms with Gasteiger partial charge in [-0.15, -0.1) is 10.1 Å². The van der Waals surface area contributed by atoms with Crippen LogP contribution in [0.3, 0.4) is 0 Å². The quantitative estimate of drug-likeness (QED) is 0.155. The third-order valence-corrected chi connectivity index (χ3v) is 3.12. The van der Waals surface area contributed by atoms with Crippen LogP contribution in [0, 0.1) is 10.1 Å². The highest BCUT2D eigenvalue weighted by molar-refractivity contribution is 5.85. The van der Waals surface area contributed by atoms with Crippen LogP contribution in [0.5, 0.6) is 0 Å². The molecule has 1 aromatic rings. The maximum absolute atomic E-state index is 11.9. The molecule has 0 bridgehead atoms. The molecule has 1 atom stereocenters. The topological polar surface area (TPSA) is 175 Å². The molecule has 0 aliphatic rings. The molecule has 0 aliphatic carbocycles. The van der Waals surface area contributed by atoms with Crippen molar-refractivity contribution in [1.82, 2.24) is 20.6 Å². The van der Waals surface area contributed by atoms with E-state index in [1.807, 2.05) is 0 Å². The zero-order valence-electron chi connectivity index (χ0n) is 14.6. The number of H-pyrrole nitrogens is 1. The number of aromatic nitrogens is 2. The fourth-order valence-electron chi connectivity index (χ4n) is 1.92. The molecule has 0 unspecified atom stereocenters. The number of hydrogen-bond acceptors (Lipinski definition) is 9. The summed E-state index contributed by atoms with van der Waals surface area (Å²) in [5.74, 6) is -1.56. The molecule has 3 N–H and O–H groups in total. The van der Waals surface area contributed by atoms with Crippen LogP contribution in [0.15, 0.2) is 12.5 Å². The highest BCUT2D eigenvalue weighted by Crippen LogP contribution is 2.01. The normalized spacial score (nSPS) is 11.3. The molecule has 1 aromatic heterocycles. The fraction of sp³-hybridized carbons (Fsp3) is 0.571. The minimum Gasteiger partial charge on any atom is -0.467 e. The maximum Gasteiger partial charge on any atom is 0.328 e. The van der Waals surface area contributed by atoms with Crippen LogP contribution in [0.1, 0.15) is 12.1 Å². The highest BCUT2D eigenvalue weighted by atomic mass is 17.0. The molecule has 0 aromatic carbocycles. The van der Waals surface area contributed by atoms with Gasteiger partial charge >= 0.3 is 5.97 Å². The van der Waals surface area contributed by atoms with Crippen molar-refractivity contribution >= 4 is 17.8 Å². The van der Waals surface area contributed by atoms with Crippen LogP contribution in [0.25, 0.3) is 0 Å². The van der Waals surface area contributed by atoms with E-state index in [2.05, 4.69) is 30.2 Å². The van der Waals surface area contributed by atoms with Crippen LogP contribution in [-0.2, 0) is 35.1 Å². The number of aromatic amines is 1. The number of carbonyl (C=O) groups excluding carboxylic acids is 3. The van der Waals surface area contributed by atoms with Crippen molar-refractivity contribution < 1.29 is 33.8 Å². The molecule has 0 spiro atoms. The lowest BCUT2D eigenvalue weighted by Gasteiger charge is -2.15. The Morgan fingerprint density at radius 3 is 2.74 bits per heavy atom. The van der Waals surface area contributed by atoms with Crippen molar-refractivity contribution in [2.45, 2.75) is 18.9 Å². The van der Waals surface area contributed by atoms with Gasteiger partial charge in [-0.25, -0.2) is 9.78 Å². The van der Waals surface area contributed by atoms with Crippen LogP contribution in [0.4, 0.5) is 0 Å². The molecule has 13 heteroatoms. The van der Waals surface area contributed by atoms with E-state index in [4.69, 9.17) is 4.74 Å². The molecule has 0 aliphatic heterocycles. The first-order valence-electron chi connectivity index (χ1n) is 7.89. The number of nitrogens with one attached hydrogen (secondary N) is 3. The van der Waals surface area contributed by atoms with E-state index in [0.717, 1.165) is 0 Å². The third kappa shape index (κ3) is 9.74. The summed E-state index contributed by atoms with van der Waals surface area (Å²) in [4.78, 5) is 55.8. The van der Waals surface area contributed by atoms with E-state index in [-0.39, 0.29) is 39.2 Å². The largest absolute Gasteiger partial charge is 0.467 e. The average Bonchev–Trinajstić information content (AvgIpc) is 3.13. The second-order valence-electron chi connectivity index (χ2n) is 5.12. The second kappa shape index (κ2) is 12.2. The Balaban J connectivity index is 2.24. The number of amides is 2. The first-order valence-corrected chi connectivity index (χ1v) is 7.89. The van der Waals surface area contributed by atoms with Gasteiger partial charge in [0, 0.05) is 25.6 Å². The minimum absolute atomic E-state index is 0.0235. The van der Waals surface area contributed by atoms with Gasteiger partial charge in [0.05, 0.1) is 25.7 Å². The lowest BCUT2D eigenvalue weighted by molar-refractivity contribution is -0.758. The molecule has 2 amide bonds. The van der Waals surface area contributed by atoms with E-state index in [0.29, 0.717) is 5.69 Å². The summed E-state index contributed by atoms with van der Waals surface area (Å²) in [5.41, 5.74) is 0.581. The van der Waals surface area contributed by atoms with E-state index < -0.39 is 28.9 Å². The molecule has 1 rings (SSSR count). The summed E-state index contributed by atoms with van der Waals surface area (Å²) >= 11 is 0. The summed E-state index contributed by atoms with van der Waals surface area (Å²) in [6, 6.07) is -0.897. The standard InChI is InChI=1S/C14H21N5O8/c1-25-14(22)11(6-10-7-15-9-17-10)18-12(20)2-3-16-13(21)8-26-4-5-27-19(23)24/h7,9,11H,2-6,8H2,1H3,(H,15,17)(H,16,21)(H,18,20)/t11-/m0/s1. The predicted molar refractivity (Wildman–Crippen MR) is 87.6 cm³/mol. The Hall–Kier alpha value is -3.22. The summed E-state index contributed by atoms with van der Waals surface area (Å²) in [5, 5.41) is 13.9. The van der Waals surface area contributed by atoms with Crippen molar-refractivity contribution in [2.24, 2.45) is 0 Å². The molecule has 27 heavy (non-hydrogen) atoms. The number of esters is 1. The van der Waals surface area contributed by atoms with Gasteiger partial charge in [0.25, 0.3) is 5.09 Å². The monoisotopic (exact) mass is 387 g/mol. The van der Waals surface area contributed by atoms with Gasteiger partial charge in [-0.2, -0.15) is 0 Å². The molecular weight excluding hydrogens is 366 g/mol. The Labute approximate surface area is 153 Å². The van der Waals surface area contributed by atoms with Crippen molar-refractivity contribution in [1.29, 1.82) is 0 Å². The van der Waals surface area contributed by atoms with Gasteiger partial charge in [0.1, 0.15) is 19.3 Å². The van der Waals surface area contributed by atoms with E-state index in [9.17, 15) is 24.5 Å². The summed E-state index contributed by atoms with van der Waals surface area (Å²) in [7, 11) is 1.21. The number of ether oxygens (including phenoxy) is 2. The van der Waals surface area contributed by atoms with E-state index in [1.165, 1.54) is 13.4 Å². The summed E-state index contributed by atoms with van der Waals surface area (Å²) < 4.78 is 9.51. The van der Waals surface area contributed by atoms with Gasteiger partial charge in [-0.05, 0) is 0 Å². The number of imidazole rings is 1. The first-order chi connectivity index (χ1) is 12.9. The minimum atomic E-state index is -0.963. The molecule has 0 fully saturated rings. The number of rotatable bonds is 13. The number of carbonyl (C=O) groups is 3. The zero-order valence-corrected chi connectivity index (χ0v) is 14.6. The number of methoxy groups -OCH3 is 1. The molecule has 1 heterocycles. The van der Waals surface area contributed by atoms with Crippen molar-refractivity contribution in [3.63, 3.8) is 0 Å². The number of hydrogen-bond donors (Lipinski definition) is 3. The zero-order chi connectivity index (χ0) is 20.1. The van der Waals surface area contributed by atoms with Crippen LogP contribution in [0.2, 0.25) is 0 Å². The average molecular weight is 387 g/mol. The van der Waals surface area contributed by atoms with Crippen molar-refractivity contribution in [3.8, 4) is 0 Å². The van der Waals surface area contributed by atoms with Crippen LogP contribution in [-0.4, -0.2) is 72.4 Å². The fourth-order valence-corrected chi connectivity index (χ4v) is 1.92. The van der Waals surface area contributed by atoms with Gasteiger partial charge < -0.3 is 29.9 Å². The highest BCUT2D eigenvalue weighted by Gasteiger charge is 2.22. The second-order valence-corrected chi connectivity index (χ2v) is 5.12. The Bertz CT molecular complexity index is 621. The van der Waals surface area contributed by atoms with Gasteiger partial charge in [-0.3, -0.25) is 9.59 Å². The summed E-state index contributed by atoms with van der Waals surface area (Å²) in [6.45, 7) is -0.709. The van der Waals surface area contributed by atoms with Gasteiger partial charge in [0.15, 0.2) is 0 Å². The van der Waals surface area contributed by atoms with Crippen LogP contribution < -0.4 is 10.6 Å². The lowest BCUT2D eigenvalue weighted by Crippen LogP contribution is -2.44. The van der Waals surface area contributed by atoms with Crippen molar-refractivity contribution in [3.05, 3.63) is 28.3 Å². The third-order valence-electron chi connectivity index (χ3n) is 3.12. The Kier molecular flexibility index (Phi) is 9.85. The molecular formula is C14H21N5O8. The predicted octanol–water partition coefficient (Wildman–Crippen LogP) is -1.66. The molecule has 0 saturated heterocycles. The summed E-state index contributed by atoms with van der Waals surface area (Å²) in [6.07, 6.45) is 3.14. The smallest absolute Gasteiger partial charge is 0.328 e.